The second-order valence-corrected chi connectivity index (χ2v) is 6.98. The Bertz CT molecular complexity index is 940. The Hall–Kier alpha value is -2.21. The van der Waals surface area contributed by atoms with E-state index in [2.05, 4.69) is 4.98 Å². The Morgan fingerprint density at radius 2 is 1.57 bits per heavy atom. The van der Waals surface area contributed by atoms with Crippen molar-refractivity contribution in [3.8, 4) is 22.4 Å². The number of hydrogen-bond donors (Lipinski definition) is 1. The summed E-state index contributed by atoms with van der Waals surface area (Å²) in [6, 6.07) is 17.8. The smallest absolute Gasteiger partial charge is 0.238 e. The molecule has 6 heteroatoms. The number of primary sulfonamides is 1. The van der Waals surface area contributed by atoms with Gasteiger partial charge in [0, 0.05) is 17.3 Å². The molecule has 0 fully saturated rings. The van der Waals surface area contributed by atoms with E-state index in [-0.39, 0.29) is 4.90 Å². The van der Waals surface area contributed by atoms with Crippen molar-refractivity contribution in [1.29, 1.82) is 0 Å². The van der Waals surface area contributed by atoms with Crippen LogP contribution in [0.4, 0.5) is 0 Å². The molecule has 0 spiro atoms. The van der Waals surface area contributed by atoms with E-state index >= 15 is 0 Å². The average molecular weight is 345 g/mol. The molecule has 3 aromatic rings. The summed E-state index contributed by atoms with van der Waals surface area (Å²) in [7, 11) is -3.71. The lowest BCUT2D eigenvalue weighted by Gasteiger charge is -2.10. The van der Waals surface area contributed by atoms with Crippen molar-refractivity contribution in [2.24, 2.45) is 5.14 Å². The van der Waals surface area contributed by atoms with E-state index in [0.717, 1.165) is 22.4 Å². The van der Waals surface area contributed by atoms with E-state index in [1.165, 1.54) is 12.1 Å². The van der Waals surface area contributed by atoms with Crippen LogP contribution in [0.3, 0.4) is 0 Å². The molecule has 0 bridgehead atoms. The monoisotopic (exact) mass is 344 g/mol. The normalized spacial score (nSPS) is 11.4. The summed E-state index contributed by atoms with van der Waals surface area (Å²) in [4.78, 5) is 4.49. The zero-order valence-electron chi connectivity index (χ0n) is 12.0. The lowest BCUT2D eigenvalue weighted by Crippen LogP contribution is -2.11. The molecule has 0 aliphatic rings. The third-order valence-electron chi connectivity index (χ3n) is 3.40. The largest absolute Gasteiger partial charge is 0.254 e. The van der Waals surface area contributed by atoms with Crippen molar-refractivity contribution in [3.63, 3.8) is 0 Å². The van der Waals surface area contributed by atoms with Crippen molar-refractivity contribution in [2.45, 2.75) is 4.90 Å². The molecule has 3 rings (SSSR count). The number of rotatable bonds is 3. The predicted molar refractivity (Wildman–Crippen MR) is 91.5 cm³/mol. The number of sulfonamides is 1. The fraction of sp³-hybridized carbons (Fsp3) is 0. The average Bonchev–Trinajstić information content (AvgIpc) is 2.55. The first-order valence-electron chi connectivity index (χ1n) is 6.79. The van der Waals surface area contributed by atoms with Crippen LogP contribution in [0.25, 0.3) is 22.4 Å². The highest BCUT2D eigenvalue weighted by molar-refractivity contribution is 7.89. The number of halogens is 1. The van der Waals surface area contributed by atoms with Gasteiger partial charge in [0.1, 0.15) is 0 Å². The summed E-state index contributed by atoms with van der Waals surface area (Å²) < 4.78 is 22.7. The molecule has 0 saturated heterocycles. The number of nitrogens with two attached hydrogens (primary N) is 1. The third kappa shape index (κ3) is 3.42. The zero-order chi connectivity index (χ0) is 16.4. The van der Waals surface area contributed by atoms with Gasteiger partial charge in [0.05, 0.1) is 15.6 Å². The first-order chi connectivity index (χ1) is 10.9. The summed E-state index contributed by atoms with van der Waals surface area (Å²) in [5.41, 5.74) is 3.36. The summed E-state index contributed by atoms with van der Waals surface area (Å²) in [6.45, 7) is 0. The van der Waals surface area contributed by atoms with Crippen LogP contribution in [0.2, 0.25) is 5.02 Å². The maximum absolute atomic E-state index is 11.4. The molecule has 1 aromatic heterocycles. The molecule has 0 saturated carbocycles. The van der Waals surface area contributed by atoms with Crippen molar-refractivity contribution in [3.05, 3.63) is 71.9 Å². The summed E-state index contributed by atoms with van der Waals surface area (Å²) in [6.07, 6.45) is 1.59. The standard InChI is InChI=1S/C17H13ClN2O2S/c18-14-10-16(12-6-8-15(9-7-12)23(19,21)22)17(20-11-14)13-4-2-1-3-5-13/h1-11H,(H2,19,21,22). The molecule has 0 aliphatic carbocycles. The molecule has 0 unspecified atom stereocenters. The number of benzene rings is 2. The molecule has 0 amide bonds. The Morgan fingerprint density at radius 1 is 0.913 bits per heavy atom. The maximum atomic E-state index is 11.4. The van der Waals surface area contributed by atoms with Gasteiger partial charge in [0.25, 0.3) is 0 Å². The fourth-order valence-electron chi connectivity index (χ4n) is 2.31. The molecule has 116 valence electrons. The van der Waals surface area contributed by atoms with E-state index in [4.69, 9.17) is 16.7 Å². The van der Waals surface area contributed by atoms with Crippen molar-refractivity contribution < 1.29 is 8.42 Å². The zero-order valence-corrected chi connectivity index (χ0v) is 13.6. The molecule has 4 nitrogen and oxygen atoms in total. The summed E-state index contributed by atoms with van der Waals surface area (Å²) in [5.74, 6) is 0. The van der Waals surface area contributed by atoms with Crippen LogP contribution in [-0.2, 0) is 10.0 Å². The second-order valence-electron chi connectivity index (χ2n) is 4.99. The number of hydrogen-bond acceptors (Lipinski definition) is 3. The molecule has 1 heterocycles. The third-order valence-corrected chi connectivity index (χ3v) is 4.53. The Kier molecular flexibility index (Phi) is 4.17. The SMILES string of the molecule is NS(=O)(=O)c1ccc(-c2cc(Cl)cnc2-c2ccccc2)cc1. The first-order valence-corrected chi connectivity index (χ1v) is 8.72. The van der Waals surface area contributed by atoms with Gasteiger partial charge in [-0.1, -0.05) is 54.1 Å². The van der Waals surface area contributed by atoms with Crippen LogP contribution in [0.1, 0.15) is 0 Å². The van der Waals surface area contributed by atoms with Crippen LogP contribution in [0, 0.1) is 0 Å². The van der Waals surface area contributed by atoms with E-state index in [1.807, 2.05) is 36.4 Å². The van der Waals surface area contributed by atoms with Crippen LogP contribution >= 0.6 is 11.6 Å². The van der Waals surface area contributed by atoms with Crippen molar-refractivity contribution in [1.82, 2.24) is 4.98 Å². The highest BCUT2D eigenvalue weighted by Crippen LogP contribution is 2.32. The van der Waals surface area contributed by atoms with Gasteiger partial charge in [-0.25, -0.2) is 13.6 Å². The topological polar surface area (TPSA) is 73.1 Å². The quantitative estimate of drug-likeness (QED) is 0.787. The number of pyridine rings is 1. The van der Waals surface area contributed by atoms with Crippen LogP contribution in [-0.4, -0.2) is 13.4 Å². The molecular formula is C17H13ClN2O2S. The minimum Gasteiger partial charge on any atom is -0.254 e. The Labute approximate surface area is 139 Å². The molecule has 2 N–H and O–H groups in total. The van der Waals surface area contributed by atoms with Gasteiger partial charge in [-0.2, -0.15) is 0 Å². The molecule has 0 atom stereocenters. The number of aromatic nitrogens is 1. The van der Waals surface area contributed by atoms with Gasteiger partial charge in [-0.05, 0) is 23.8 Å². The van der Waals surface area contributed by atoms with Gasteiger partial charge >= 0.3 is 0 Å². The van der Waals surface area contributed by atoms with Gasteiger partial charge in [0.15, 0.2) is 0 Å². The van der Waals surface area contributed by atoms with Gasteiger partial charge < -0.3 is 0 Å². The lowest BCUT2D eigenvalue weighted by molar-refractivity contribution is 0.598. The molecule has 2 aromatic carbocycles. The van der Waals surface area contributed by atoms with E-state index in [0.29, 0.717) is 5.02 Å². The molecule has 0 aliphatic heterocycles. The molecular weight excluding hydrogens is 332 g/mol. The minimum atomic E-state index is -3.71. The van der Waals surface area contributed by atoms with E-state index < -0.39 is 10.0 Å². The van der Waals surface area contributed by atoms with E-state index in [9.17, 15) is 8.42 Å². The number of nitrogens with zero attached hydrogens (tertiary/aromatic N) is 1. The van der Waals surface area contributed by atoms with Crippen molar-refractivity contribution >= 4 is 21.6 Å². The van der Waals surface area contributed by atoms with Crippen molar-refractivity contribution in [2.75, 3.05) is 0 Å². The van der Waals surface area contributed by atoms with Gasteiger partial charge in [0.2, 0.25) is 10.0 Å². The van der Waals surface area contributed by atoms with Gasteiger partial charge in [-0.15, -0.1) is 0 Å². The summed E-state index contributed by atoms with van der Waals surface area (Å²) in [5, 5.41) is 5.64. The molecule has 0 radical (unpaired) electrons. The van der Waals surface area contributed by atoms with E-state index in [1.54, 1.807) is 18.3 Å². The highest BCUT2D eigenvalue weighted by Gasteiger charge is 2.12. The molecule has 23 heavy (non-hydrogen) atoms. The maximum Gasteiger partial charge on any atom is 0.238 e. The summed E-state index contributed by atoms with van der Waals surface area (Å²) >= 11 is 6.08. The van der Waals surface area contributed by atoms with Crippen LogP contribution in [0.5, 0.6) is 0 Å². The second kappa shape index (κ2) is 6.12. The Morgan fingerprint density at radius 3 is 2.17 bits per heavy atom. The van der Waals surface area contributed by atoms with Crippen LogP contribution < -0.4 is 5.14 Å². The minimum absolute atomic E-state index is 0.0671. The van der Waals surface area contributed by atoms with Crippen LogP contribution in [0.15, 0.2) is 71.8 Å². The predicted octanol–water partition coefficient (Wildman–Crippen LogP) is 3.72. The highest BCUT2D eigenvalue weighted by atomic mass is 35.5. The fourth-order valence-corrected chi connectivity index (χ4v) is 2.98. The lowest BCUT2D eigenvalue weighted by atomic mass is 9.99. The first kappa shape index (κ1) is 15.7. The Balaban J connectivity index is 2.14. The van der Waals surface area contributed by atoms with Gasteiger partial charge in [-0.3, -0.25) is 4.98 Å².